The third-order valence-electron chi connectivity index (χ3n) is 5.14. The van der Waals surface area contributed by atoms with Gasteiger partial charge in [-0.25, -0.2) is 0 Å². The molecule has 0 aliphatic heterocycles. The molecule has 30 heavy (non-hydrogen) atoms. The summed E-state index contributed by atoms with van der Waals surface area (Å²) in [5, 5.41) is 18.5. The lowest BCUT2D eigenvalue weighted by Crippen LogP contribution is -2.11. The van der Waals surface area contributed by atoms with E-state index in [-0.39, 0.29) is 5.91 Å². The van der Waals surface area contributed by atoms with Gasteiger partial charge in [0.2, 0.25) is 0 Å². The van der Waals surface area contributed by atoms with E-state index in [1.54, 1.807) is 4.52 Å². The maximum atomic E-state index is 12.6. The lowest BCUT2D eigenvalue weighted by atomic mass is 10.1. The highest BCUT2D eigenvalue weighted by Crippen LogP contribution is 2.26. The number of amides is 1. The third kappa shape index (κ3) is 3.08. The van der Waals surface area contributed by atoms with E-state index in [1.165, 1.54) is 0 Å². The Bertz CT molecular complexity index is 1400. The van der Waals surface area contributed by atoms with E-state index in [0.717, 1.165) is 27.6 Å². The predicted octanol–water partition coefficient (Wildman–Crippen LogP) is 4.81. The first-order valence-electron chi connectivity index (χ1n) is 9.69. The van der Waals surface area contributed by atoms with Crippen molar-refractivity contribution in [1.29, 1.82) is 0 Å². The second-order valence-electron chi connectivity index (χ2n) is 7.29. The van der Waals surface area contributed by atoms with Crippen LogP contribution in [0.25, 0.3) is 27.8 Å². The van der Waals surface area contributed by atoms with Crippen LogP contribution in [0.4, 0.5) is 5.69 Å². The summed E-state index contributed by atoms with van der Waals surface area (Å²) in [4.78, 5) is 12.6. The Morgan fingerprint density at radius 3 is 2.43 bits per heavy atom. The number of benzene rings is 3. The Balaban J connectivity index is 1.53. The molecule has 2 aromatic heterocycles. The van der Waals surface area contributed by atoms with Crippen LogP contribution < -0.4 is 5.32 Å². The van der Waals surface area contributed by atoms with Gasteiger partial charge in [0.15, 0.2) is 11.5 Å². The predicted molar refractivity (Wildman–Crippen MR) is 118 cm³/mol. The molecular weight excluding hydrogens is 374 g/mol. The van der Waals surface area contributed by atoms with E-state index in [4.69, 9.17) is 5.10 Å². The largest absolute Gasteiger partial charge is 0.322 e. The normalized spacial score (nSPS) is 11.1. The molecule has 5 aromatic rings. The number of rotatable bonds is 3. The van der Waals surface area contributed by atoms with Gasteiger partial charge >= 0.3 is 0 Å². The first-order valence-corrected chi connectivity index (χ1v) is 9.69. The van der Waals surface area contributed by atoms with Gasteiger partial charge in [0, 0.05) is 27.6 Å². The number of fused-ring (bicyclic) bond motifs is 3. The molecule has 6 heteroatoms. The lowest BCUT2D eigenvalue weighted by Gasteiger charge is -2.08. The average molecular weight is 393 g/mol. The SMILES string of the molecule is Cc1ccc(C(=O)Nc2cccc(-c3nnc4c5ccccc5c(C)nn34)c2)cc1. The number of carbonyl (C=O) groups is 1. The van der Waals surface area contributed by atoms with Crippen LogP contribution >= 0.6 is 0 Å². The zero-order valence-electron chi connectivity index (χ0n) is 16.6. The molecule has 0 bridgehead atoms. The van der Waals surface area contributed by atoms with Gasteiger partial charge in [-0.3, -0.25) is 4.79 Å². The van der Waals surface area contributed by atoms with Gasteiger partial charge in [-0.05, 0) is 38.1 Å². The summed E-state index contributed by atoms with van der Waals surface area (Å²) >= 11 is 0. The van der Waals surface area contributed by atoms with Gasteiger partial charge in [-0.2, -0.15) is 9.61 Å². The first kappa shape index (κ1) is 18.0. The van der Waals surface area contributed by atoms with Crippen molar-refractivity contribution in [3.8, 4) is 11.4 Å². The molecule has 0 unspecified atom stereocenters. The topological polar surface area (TPSA) is 72.2 Å². The molecule has 0 radical (unpaired) electrons. The summed E-state index contributed by atoms with van der Waals surface area (Å²) in [6.07, 6.45) is 0. The molecule has 2 heterocycles. The average Bonchev–Trinajstić information content (AvgIpc) is 3.18. The standard InChI is InChI=1S/C24H19N5O/c1-15-10-12-17(13-11-15)24(30)25-19-7-5-6-18(14-19)22-26-27-23-21-9-4-3-8-20(21)16(2)28-29(22)23/h3-14H,1-2H3,(H,25,30). The van der Waals surface area contributed by atoms with E-state index >= 15 is 0 Å². The molecule has 5 rings (SSSR count). The van der Waals surface area contributed by atoms with Crippen LogP contribution in [-0.4, -0.2) is 25.7 Å². The van der Waals surface area contributed by atoms with Crippen LogP contribution in [0.3, 0.4) is 0 Å². The second kappa shape index (κ2) is 7.08. The van der Waals surface area contributed by atoms with E-state index in [2.05, 4.69) is 15.5 Å². The van der Waals surface area contributed by atoms with Crippen molar-refractivity contribution in [2.75, 3.05) is 5.32 Å². The summed E-state index contributed by atoms with van der Waals surface area (Å²) in [6.45, 7) is 3.97. The number of aromatic nitrogens is 4. The number of carbonyl (C=O) groups excluding carboxylic acids is 1. The molecule has 1 amide bonds. The monoisotopic (exact) mass is 393 g/mol. The molecule has 1 N–H and O–H groups in total. The molecule has 0 fully saturated rings. The maximum absolute atomic E-state index is 12.6. The van der Waals surface area contributed by atoms with Crippen LogP contribution in [-0.2, 0) is 0 Å². The van der Waals surface area contributed by atoms with Gasteiger partial charge in [-0.1, -0.05) is 54.1 Å². The van der Waals surface area contributed by atoms with Crippen LogP contribution in [0.2, 0.25) is 0 Å². The van der Waals surface area contributed by atoms with E-state index in [0.29, 0.717) is 22.7 Å². The molecule has 146 valence electrons. The van der Waals surface area contributed by atoms with Crippen molar-refractivity contribution in [1.82, 2.24) is 19.8 Å². The molecular formula is C24H19N5O. The summed E-state index contributed by atoms with van der Waals surface area (Å²) in [6, 6.07) is 23.1. The minimum Gasteiger partial charge on any atom is -0.322 e. The van der Waals surface area contributed by atoms with Gasteiger partial charge in [-0.15, -0.1) is 10.2 Å². The van der Waals surface area contributed by atoms with E-state index < -0.39 is 0 Å². The fourth-order valence-corrected chi connectivity index (χ4v) is 3.56. The van der Waals surface area contributed by atoms with Gasteiger partial charge < -0.3 is 5.32 Å². The molecule has 0 aliphatic rings. The number of hydrogen-bond acceptors (Lipinski definition) is 4. The molecule has 0 aliphatic carbocycles. The molecule has 3 aromatic carbocycles. The zero-order chi connectivity index (χ0) is 20.7. The second-order valence-corrected chi connectivity index (χ2v) is 7.29. The van der Waals surface area contributed by atoms with Crippen LogP contribution in [0.5, 0.6) is 0 Å². The van der Waals surface area contributed by atoms with E-state index in [1.807, 2.05) is 86.6 Å². The third-order valence-corrected chi connectivity index (χ3v) is 5.14. The number of nitrogens with one attached hydrogen (secondary N) is 1. The Labute approximate surface area is 173 Å². The highest BCUT2D eigenvalue weighted by Gasteiger charge is 2.14. The smallest absolute Gasteiger partial charge is 0.255 e. The Morgan fingerprint density at radius 2 is 1.63 bits per heavy atom. The van der Waals surface area contributed by atoms with Crippen molar-refractivity contribution in [3.63, 3.8) is 0 Å². The molecule has 6 nitrogen and oxygen atoms in total. The Hall–Kier alpha value is -4.06. The minimum atomic E-state index is -0.154. The number of hydrogen-bond donors (Lipinski definition) is 1. The van der Waals surface area contributed by atoms with Gasteiger partial charge in [0.05, 0.1) is 5.69 Å². The Morgan fingerprint density at radius 1 is 0.867 bits per heavy atom. The molecule has 0 saturated carbocycles. The van der Waals surface area contributed by atoms with Crippen molar-refractivity contribution in [2.45, 2.75) is 13.8 Å². The summed E-state index contributed by atoms with van der Waals surface area (Å²) in [5.41, 5.74) is 4.85. The lowest BCUT2D eigenvalue weighted by molar-refractivity contribution is 0.102. The van der Waals surface area contributed by atoms with E-state index in [9.17, 15) is 4.79 Å². The number of aryl methyl sites for hydroxylation is 2. The van der Waals surface area contributed by atoms with Crippen LogP contribution in [0, 0.1) is 13.8 Å². The van der Waals surface area contributed by atoms with Crippen molar-refractivity contribution in [3.05, 3.63) is 89.6 Å². The highest BCUT2D eigenvalue weighted by molar-refractivity contribution is 6.04. The minimum absolute atomic E-state index is 0.154. The van der Waals surface area contributed by atoms with Gasteiger partial charge in [0.1, 0.15) is 0 Å². The highest BCUT2D eigenvalue weighted by atomic mass is 16.1. The summed E-state index contributed by atoms with van der Waals surface area (Å²) in [7, 11) is 0. The fourth-order valence-electron chi connectivity index (χ4n) is 3.56. The van der Waals surface area contributed by atoms with Gasteiger partial charge in [0.25, 0.3) is 5.91 Å². The molecule has 0 saturated heterocycles. The first-order chi connectivity index (χ1) is 14.6. The van der Waals surface area contributed by atoms with Crippen molar-refractivity contribution in [2.24, 2.45) is 0 Å². The Kier molecular flexibility index (Phi) is 4.25. The van der Waals surface area contributed by atoms with Crippen LogP contribution in [0.15, 0.2) is 72.8 Å². The quantitative estimate of drug-likeness (QED) is 0.477. The molecule has 0 atom stereocenters. The number of nitrogens with zero attached hydrogens (tertiary/aromatic N) is 4. The molecule has 0 spiro atoms. The zero-order valence-corrected chi connectivity index (χ0v) is 16.6. The summed E-state index contributed by atoms with van der Waals surface area (Å²) in [5.74, 6) is 0.475. The fraction of sp³-hybridized carbons (Fsp3) is 0.0833. The van der Waals surface area contributed by atoms with Crippen LogP contribution in [0.1, 0.15) is 21.6 Å². The van der Waals surface area contributed by atoms with Crippen molar-refractivity contribution >= 4 is 28.0 Å². The van der Waals surface area contributed by atoms with Crippen molar-refractivity contribution < 1.29 is 4.79 Å². The number of anilines is 1. The maximum Gasteiger partial charge on any atom is 0.255 e. The summed E-state index contributed by atoms with van der Waals surface area (Å²) < 4.78 is 1.76.